The minimum Gasteiger partial charge on any atom is -0.497 e. The van der Waals surface area contributed by atoms with Crippen LogP contribution in [0.1, 0.15) is 29.2 Å². The van der Waals surface area contributed by atoms with Crippen molar-refractivity contribution >= 4 is 18.3 Å². The first-order valence-corrected chi connectivity index (χ1v) is 7.83. The van der Waals surface area contributed by atoms with Crippen LogP contribution in [-0.2, 0) is 11.2 Å². The quantitative estimate of drug-likeness (QED) is 0.755. The number of nitrogens with one attached hydrogen (secondary N) is 1. The van der Waals surface area contributed by atoms with Crippen molar-refractivity contribution < 1.29 is 9.53 Å². The summed E-state index contributed by atoms with van der Waals surface area (Å²) in [6.07, 6.45) is 1.75. The molecule has 1 amide bonds. The van der Waals surface area contributed by atoms with E-state index in [4.69, 9.17) is 10.5 Å². The Kier molecular flexibility index (Phi) is 8.30. The number of rotatable bonds is 7. The number of methoxy groups -OCH3 is 1. The molecule has 130 valence electrons. The third-order valence-electron chi connectivity index (χ3n) is 3.79. The lowest BCUT2D eigenvalue weighted by Crippen LogP contribution is -2.34. The van der Waals surface area contributed by atoms with E-state index in [1.165, 1.54) is 5.56 Å². The molecule has 1 atom stereocenters. The number of aryl methyl sites for hydroxylation is 2. The summed E-state index contributed by atoms with van der Waals surface area (Å²) in [6.45, 7) is 2.61. The number of carbonyl (C=O) groups excluding carboxylic acids is 1. The second-order valence-electron chi connectivity index (χ2n) is 5.63. The van der Waals surface area contributed by atoms with Crippen LogP contribution < -0.4 is 15.8 Å². The summed E-state index contributed by atoms with van der Waals surface area (Å²) in [5.41, 5.74) is 9.17. The fourth-order valence-corrected chi connectivity index (χ4v) is 2.37. The molecule has 4 nitrogen and oxygen atoms in total. The third-order valence-corrected chi connectivity index (χ3v) is 3.79. The number of carbonyl (C=O) groups is 1. The van der Waals surface area contributed by atoms with Crippen molar-refractivity contribution in [2.24, 2.45) is 5.73 Å². The first kappa shape index (κ1) is 20.0. The highest BCUT2D eigenvalue weighted by Gasteiger charge is 2.14. The summed E-state index contributed by atoms with van der Waals surface area (Å²) in [4.78, 5) is 12.1. The van der Waals surface area contributed by atoms with Gasteiger partial charge in [-0.2, -0.15) is 0 Å². The fourth-order valence-electron chi connectivity index (χ4n) is 2.37. The molecule has 1 unspecified atom stereocenters. The summed E-state index contributed by atoms with van der Waals surface area (Å²) in [5.74, 6) is 0.715. The van der Waals surface area contributed by atoms with Gasteiger partial charge in [0.1, 0.15) is 11.8 Å². The molecule has 0 aliphatic carbocycles. The van der Waals surface area contributed by atoms with Crippen molar-refractivity contribution in [1.82, 2.24) is 5.32 Å². The van der Waals surface area contributed by atoms with Gasteiger partial charge in [-0.1, -0.05) is 42.0 Å². The van der Waals surface area contributed by atoms with Crippen LogP contribution >= 0.6 is 12.4 Å². The fraction of sp³-hybridized carbons (Fsp3) is 0.316. The molecular formula is C19H25ClN2O2. The van der Waals surface area contributed by atoms with E-state index in [9.17, 15) is 4.79 Å². The van der Waals surface area contributed by atoms with E-state index >= 15 is 0 Å². The Balaban J connectivity index is 0.00000288. The maximum atomic E-state index is 12.1. The molecule has 2 aromatic rings. The maximum absolute atomic E-state index is 12.1. The van der Waals surface area contributed by atoms with Gasteiger partial charge in [0.15, 0.2) is 0 Å². The van der Waals surface area contributed by atoms with Crippen molar-refractivity contribution in [2.75, 3.05) is 13.7 Å². The van der Waals surface area contributed by atoms with E-state index in [2.05, 4.69) is 11.4 Å². The van der Waals surface area contributed by atoms with Gasteiger partial charge >= 0.3 is 0 Å². The number of nitrogens with two attached hydrogens (primary N) is 1. The molecule has 0 aromatic heterocycles. The van der Waals surface area contributed by atoms with E-state index in [1.807, 2.05) is 49.4 Å². The molecule has 0 heterocycles. The Morgan fingerprint density at radius 2 is 1.92 bits per heavy atom. The summed E-state index contributed by atoms with van der Waals surface area (Å²) < 4.78 is 5.20. The molecule has 0 aliphatic rings. The zero-order valence-corrected chi connectivity index (χ0v) is 14.9. The van der Waals surface area contributed by atoms with Gasteiger partial charge in [-0.25, -0.2) is 0 Å². The molecule has 2 rings (SSSR count). The summed E-state index contributed by atoms with van der Waals surface area (Å²) in [5, 5.41) is 2.90. The van der Waals surface area contributed by atoms with Crippen LogP contribution in [0.2, 0.25) is 0 Å². The monoisotopic (exact) mass is 348 g/mol. The van der Waals surface area contributed by atoms with Crippen LogP contribution in [0, 0.1) is 6.92 Å². The molecule has 5 heteroatoms. The lowest BCUT2D eigenvalue weighted by molar-refractivity contribution is -0.122. The lowest BCUT2D eigenvalue weighted by Gasteiger charge is -2.13. The Bertz CT molecular complexity index is 644. The van der Waals surface area contributed by atoms with Crippen LogP contribution in [0.3, 0.4) is 0 Å². The van der Waals surface area contributed by atoms with Crippen molar-refractivity contribution in [3.63, 3.8) is 0 Å². The summed E-state index contributed by atoms with van der Waals surface area (Å²) in [7, 11) is 1.66. The van der Waals surface area contributed by atoms with E-state index in [0.29, 0.717) is 6.54 Å². The number of hydrogen-bond donors (Lipinski definition) is 2. The standard InChI is InChI=1S/C19H24N2O2.ClH/c1-14-8-10-16(11-9-14)18(20)19(22)21-12-4-6-15-5-3-7-17(13-15)23-2;/h3,5,7-11,13,18H,4,6,12,20H2,1-2H3,(H,21,22);1H. The highest BCUT2D eigenvalue weighted by atomic mass is 35.5. The van der Waals surface area contributed by atoms with Gasteiger partial charge in [-0.15, -0.1) is 12.4 Å². The minimum absolute atomic E-state index is 0. The highest BCUT2D eigenvalue weighted by molar-refractivity contribution is 5.85. The zero-order chi connectivity index (χ0) is 16.7. The Labute approximate surface area is 149 Å². The maximum Gasteiger partial charge on any atom is 0.241 e. The summed E-state index contributed by atoms with van der Waals surface area (Å²) in [6, 6.07) is 15.1. The molecule has 0 saturated heterocycles. The van der Waals surface area contributed by atoms with E-state index in [-0.39, 0.29) is 18.3 Å². The normalized spacial score (nSPS) is 11.3. The molecule has 0 aliphatic heterocycles. The second kappa shape index (κ2) is 9.96. The van der Waals surface area contributed by atoms with Crippen molar-refractivity contribution in [3.8, 4) is 5.75 Å². The Morgan fingerprint density at radius 3 is 2.58 bits per heavy atom. The average molecular weight is 349 g/mol. The van der Waals surface area contributed by atoms with Gasteiger partial charge in [-0.05, 0) is 43.0 Å². The first-order chi connectivity index (χ1) is 11.1. The lowest BCUT2D eigenvalue weighted by atomic mass is 10.1. The molecule has 0 saturated carbocycles. The molecule has 2 aromatic carbocycles. The largest absolute Gasteiger partial charge is 0.497 e. The Morgan fingerprint density at radius 1 is 1.21 bits per heavy atom. The molecule has 0 spiro atoms. The molecule has 24 heavy (non-hydrogen) atoms. The van der Waals surface area contributed by atoms with Gasteiger partial charge in [0.2, 0.25) is 5.91 Å². The number of halogens is 1. The van der Waals surface area contributed by atoms with Crippen molar-refractivity contribution in [1.29, 1.82) is 0 Å². The number of amides is 1. The predicted molar refractivity (Wildman–Crippen MR) is 99.7 cm³/mol. The second-order valence-corrected chi connectivity index (χ2v) is 5.63. The molecule has 0 radical (unpaired) electrons. The summed E-state index contributed by atoms with van der Waals surface area (Å²) >= 11 is 0. The van der Waals surface area contributed by atoms with Crippen LogP contribution in [0.25, 0.3) is 0 Å². The van der Waals surface area contributed by atoms with Crippen molar-refractivity contribution in [2.45, 2.75) is 25.8 Å². The number of ether oxygens (including phenoxy) is 1. The predicted octanol–water partition coefficient (Wildman–Crippen LogP) is 3.17. The average Bonchev–Trinajstić information content (AvgIpc) is 2.58. The first-order valence-electron chi connectivity index (χ1n) is 7.83. The van der Waals surface area contributed by atoms with E-state index in [0.717, 1.165) is 29.7 Å². The highest BCUT2D eigenvalue weighted by Crippen LogP contribution is 2.14. The molecule has 0 bridgehead atoms. The minimum atomic E-state index is -0.618. The van der Waals surface area contributed by atoms with Crippen molar-refractivity contribution in [3.05, 3.63) is 65.2 Å². The zero-order valence-electron chi connectivity index (χ0n) is 14.1. The van der Waals surface area contributed by atoms with Crippen LogP contribution in [0.15, 0.2) is 48.5 Å². The number of hydrogen-bond acceptors (Lipinski definition) is 3. The smallest absolute Gasteiger partial charge is 0.241 e. The van der Waals surface area contributed by atoms with Gasteiger partial charge in [0.05, 0.1) is 7.11 Å². The van der Waals surface area contributed by atoms with E-state index < -0.39 is 6.04 Å². The SMILES string of the molecule is COc1cccc(CCCNC(=O)C(N)c2ccc(C)cc2)c1.Cl. The topological polar surface area (TPSA) is 64.3 Å². The van der Waals surface area contributed by atoms with Gasteiger partial charge in [-0.3, -0.25) is 4.79 Å². The van der Waals surface area contributed by atoms with Gasteiger partial charge in [0.25, 0.3) is 0 Å². The third kappa shape index (κ3) is 5.87. The van der Waals surface area contributed by atoms with Crippen LogP contribution in [-0.4, -0.2) is 19.6 Å². The van der Waals surface area contributed by atoms with Crippen LogP contribution in [0.4, 0.5) is 0 Å². The van der Waals surface area contributed by atoms with Gasteiger partial charge < -0.3 is 15.8 Å². The Hall–Kier alpha value is -2.04. The molecular weight excluding hydrogens is 324 g/mol. The van der Waals surface area contributed by atoms with Gasteiger partial charge in [0, 0.05) is 6.54 Å². The van der Waals surface area contributed by atoms with E-state index in [1.54, 1.807) is 7.11 Å². The molecule has 0 fully saturated rings. The van der Waals surface area contributed by atoms with Crippen LogP contribution in [0.5, 0.6) is 5.75 Å². The number of benzene rings is 2. The molecule has 3 N–H and O–H groups in total.